The summed E-state index contributed by atoms with van der Waals surface area (Å²) in [5.74, 6) is 0.301. The maximum atomic E-state index is 11.4. The third kappa shape index (κ3) is 6.20. The molecular formula is C14H20N2O2S. The number of hydrogen-bond acceptors (Lipinski definition) is 3. The molecule has 1 rings (SSSR count). The molecule has 0 fully saturated rings. The Bertz CT molecular complexity index is 421. The highest BCUT2D eigenvalue weighted by Gasteiger charge is 2.10. The molecule has 1 unspecified atom stereocenters. The summed E-state index contributed by atoms with van der Waals surface area (Å²) < 4.78 is 4.98. The van der Waals surface area contributed by atoms with Gasteiger partial charge < -0.3 is 10.1 Å². The fraction of sp³-hybridized carbons (Fsp3) is 0.429. The van der Waals surface area contributed by atoms with Crippen molar-refractivity contribution in [2.45, 2.75) is 26.8 Å². The van der Waals surface area contributed by atoms with Crippen molar-refractivity contribution in [2.24, 2.45) is 5.92 Å². The van der Waals surface area contributed by atoms with Crippen LogP contribution in [-0.4, -0.2) is 17.8 Å². The first-order chi connectivity index (χ1) is 8.99. The third-order valence-electron chi connectivity index (χ3n) is 2.41. The SMILES string of the molecule is CC(C)COC(=O)NC(=S)NC(C)c1ccccc1. The Labute approximate surface area is 119 Å². The Morgan fingerprint density at radius 1 is 1.26 bits per heavy atom. The van der Waals surface area contributed by atoms with E-state index in [-0.39, 0.29) is 11.2 Å². The average molecular weight is 280 g/mol. The number of thiocarbonyl (C=S) groups is 1. The molecule has 0 bridgehead atoms. The maximum Gasteiger partial charge on any atom is 0.413 e. The van der Waals surface area contributed by atoms with Gasteiger partial charge in [-0.1, -0.05) is 44.2 Å². The Morgan fingerprint density at radius 3 is 2.47 bits per heavy atom. The predicted molar refractivity (Wildman–Crippen MR) is 79.9 cm³/mol. The van der Waals surface area contributed by atoms with Crippen molar-refractivity contribution in [1.82, 2.24) is 10.6 Å². The average Bonchev–Trinajstić information content (AvgIpc) is 2.37. The van der Waals surface area contributed by atoms with E-state index in [1.807, 2.05) is 51.1 Å². The van der Waals surface area contributed by atoms with E-state index in [1.165, 1.54) is 0 Å². The van der Waals surface area contributed by atoms with Gasteiger partial charge in [0.1, 0.15) is 0 Å². The molecule has 1 aromatic rings. The van der Waals surface area contributed by atoms with E-state index >= 15 is 0 Å². The van der Waals surface area contributed by atoms with Crippen LogP contribution in [-0.2, 0) is 4.74 Å². The van der Waals surface area contributed by atoms with E-state index < -0.39 is 6.09 Å². The molecule has 0 saturated carbocycles. The fourth-order valence-corrected chi connectivity index (χ4v) is 1.69. The van der Waals surface area contributed by atoms with E-state index in [9.17, 15) is 4.79 Å². The predicted octanol–water partition coefficient (Wildman–Crippen LogP) is 3.00. The van der Waals surface area contributed by atoms with E-state index in [1.54, 1.807) is 0 Å². The molecule has 0 spiro atoms. The van der Waals surface area contributed by atoms with Crippen LogP contribution in [0.5, 0.6) is 0 Å². The minimum absolute atomic E-state index is 0.0269. The molecule has 0 aliphatic carbocycles. The molecule has 4 nitrogen and oxygen atoms in total. The largest absolute Gasteiger partial charge is 0.449 e. The second-order valence-corrected chi connectivity index (χ2v) is 5.13. The Balaban J connectivity index is 2.37. The van der Waals surface area contributed by atoms with Gasteiger partial charge in [0.05, 0.1) is 12.6 Å². The topological polar surface area (TPSA) is 50.4 Å². The summed E-state index contributed by atoms with van der Waals surface area (Å²) in [5.41, 5.74) is 1.10. The molecule has 0 aliphatic rings. The van der Waals surface area contributed by atoms with Gasteiger partial charge in [0.25, 0.3) is 0 Å². The summed E-state index contributed by atoms with van der Waals surface area (Å²) in [4.78, 5) is 11.4. The van der Waals surface area contributed by atoms with E-state index in [2.05, 4.69) is 10.6 Å². The molecule has 0 radical (unpaired) electrons. The fourth-order valence-electron chi connectivity index (χ4n) is 1.43. The Hall–Kier alpha value is -1.62. The van der Waals surface area contributed by atoms with Crippen molar-refractivity contribution in [1.29, 1.82) is 0 Å². The van der Waals surface area contributed by atoms with Crippen molar-refractivity contribution in [3.8, 4) is 0 Å². The Kier molecular flexibility index (Phi) is 6.29. The first-order valence-electron chi connectivity index (χ1n) is 6.28. The maximum absolute atomic E-state index is 11.4. The molecule has 0 saturated heterocycles. The molecule has 2 N–H and O–H groups in total. The number of benzene rings is 1. The molecule has 1 amide bonds. The molecule has 1 aromatic carbocycles. The van der Waals surface area contributed by atoms with Gasteiger partial charge in [0.2, 0.25) is 0 Å². The number of nitrogens with one attached hydrogen (secondary N) is 2. The van der Waals surface area contributed by atoms with Crippen molar-refractivity contribution in [2.75, 3.05) is 6.61 Å². The van der Waals surface area contributed by atoms with Crippen LogP contribution in [0.4, 0.5) is 4.79 Å². The van der Waals surface area contributed by atoms with Gasteiger partial charge in [-0.3, -0.25) is 5.32 Å². The van der Waals surface area contributed by atoms with Crippen molar-refractivity contribution in [3.05, 3.63) is 35.9 Å². The highest BCUT2D eigenvalue weighted by Crippen LogP contribution is 2.10. The van der Waals surface area contributed by atoms with Gasteiger partial charge in [0, 0.05) is 0 Å². The zero-order valence-corrected chi connectivity index (χ0v) is 12.3. The molecule has 1 atom stereocenters. The van der Waals surface area contributed by atoms with E-state index in [0.29, 0.717) is 12.5 Å². The zero-order valence-electron chi connectivity index (χ0n) is 11.5. The standard InChI is InChI=1S/C14H20N2O2S/c1-10(2)9-18-14(17)16-13(19)15-11(3)12-7-5-4-6-8-12/h4-8,10-11H,9H2,1-3H3,(H2,15,16,17,19). The van der Waals surface area contributed by atoms with Crippen LogP contribution in [0.3, 0.4) is 0 Å². The second-order valence-electron chi connectivity index (χ2n) is 4.72. The summed E-state index contributed by atoms with van der Waals surface area (Å²) in [5, 5.41) is 5.80. The van der Waals surface area contributed by atoms with Crippen LogP contribution in [0.25, 0.3) is 0 Å². The molecule has 104 valence electrons. The number of hydrogen-bond donors (Lipinski definition) is 2. The summed E-state index contributed by atoms with van der Waals surface area (Å²) in [6, 6.07) is 9.89. The van der Waals surface area contributed by atoms with Crippen LogP contribution >= 0.6 is 12.2 Å². The molecule has 19 heavy (non-hydrogen) atoms. The number of alkyl carbamates (subject to hydrolysis) is 1. The van der Waals surface area contributed by atoms with Crippen molar-refractivity contribution in [3.63, 3.8) is 0 Å². The van der Waals surface area contributed by atoms with Crippen LogP contribution in [0.2, 0.25) is 0 Å². The van der Waals surface area contributed by atoms with Crippen molar-refractivity contribution >= 4 is 23.4 Å². The number of ether oxygens (including phenoxy) is 1. The lowest BCUT2D eigenvalue weighted by Crippen LogP contribution is -2.40. The number of amides is 1. The molecule has 5 heteroatoms. The monoisotopic (exact) mass is 280 g/mol. The smallest absolute Gasteiger partial charge is 0.413 e. The van der Waals surface area contributed by atoms with E-state index in [0.717, 1.165) is 5.56 Å². The number of rotatable bonds is 4. The van der Waals surface area contributed by atoms with Crippen LogP contribution in [0.15, 0.2) is 30.3 Å². The second kappa shape index (κ2) is 7.74. The lowest BCUT2D eigenvalue weighted by molar-refractivity contribution is 0.138. The summed E-state index contributed by atoms with van der Waals surface area (Å²) >= 11 is 5.06. The van der Waals surface area contributed by atoms with Crippen LogP contribution in [0.1, 0.15) is 32.4 Å². The minimum atomic E-state index is -0.522. The summed E-state index contributed by atoms with van der Waals surface area (Å²) in [6.07, 6.45) is -0.522. The first-order valence-corrected chi connectivity index (χ1v) is 6.69. The normalized spacial score (nSPS) is 11.8. The molecule has 0 aromatic heterocycles. The zero-order chi connectivity index (χ0) is 14.3. The number of carbonyl (C=O) groups is 1. The van der Waals surface area contributed by atoms with Gasteiger partial charge in [-0.2, -0.15) is 0 Å². The van der Waals surface area contributed by atoms with Gasteiger partial charge in [-0.05, 0) is 30.6 Å². The molecular weight excluding hydrogens is 260 g/mol. The molecule has 0 heterocycles. The summed E-state index contributed by atoms with van der Waals surface area (Å²) in [7, 11) is 0. The van der Waals surface area contributed by atoms with Crippen molar-refractivity contribution < 1.29 is 9.53 Å². The number of carbonyl (C=O) groups excluding carboxylic acids is 1. The molecule has 0 aliphatic heterocycles. The van der Waals surface area contributed by atoms with Gasteiger partial charge in [0.15, 0.2) is 5.11 Å². The highest BCUT2D eigenvalue weighted by atomic mass is 32.1. The lowest BCUT2D eigenvalue weighted by Gasteiger charge is -2.16. The van der Waals surface area contributed by atoms with Crippen LogP contribution in [0, 0.1) is 5.92 Å². The lowest BCUT2D eigenvalue weighted by atomic mass is 10.1. The summed E-state index contributed by atoms with van der Waals surface area (Å²) in [6.45, 7) is 6.30. The van der Waals surface area contributed by atoms with Gasteiger partial charge in [-0.15, -0.1) is 0 Å². The van der Waals surface area contributed by atoms with Crippen LogP contribution < -0.4 is 10.6 Å². The minimum Gasteiger partial charge on any atom is -0.449 e. The van der Waals surface area contributed by atoms with E-state index in [4.69, 9.17) is 17.0 Å². The van der Waals surface area contributed by atoms with Gasteiger partial charge >= 0.3 is 6.09 Å². The third-order valence-corrected chi connectivity index (χ3v) is 2.63. The quantitative estimate of drug-likeness (QED) is 0.832. The Morgan fingerprint density at radius 2 is 1.89 bits per heavy atom. The highest BCUT2D eigenvalue weighted by molar-refractivity contribution is 7.80. The van der Waals surface area contributed by atoms with Gasteiger partial charge in [-0.25, -0.2) is 4.79 Å². The first kappa shape index (κ1) is 15.4.